The summed E-state index contributed by atoms with van der Waals surface area (Å²) in [4.78, 5) is 48.0. The topological polar surface area (TPSA) is 107 Å². The molecule has 5 rings (SSSR count). The molecule has 0 bridgehead atoms. The highest BCUT2D eigenvalue weighted by Crippen LogP contribution is 2.28. The molecule has 1 amide bonds. The number of amides is 1. The Balaban J connectivity index is 1.36. The van der Waals surface area contributed by atoms with Crippen LogP contribution in [0.1, 0.15) is 35.2 Å². The molecular weight excluding hydrogens is 544 g/mol. The predicted molar refractivity (Wildman–Crippen MR) is 142 cm³/mol. The molecule has 3 heterocycles. The molecule has 1 saturated heterocycles. The van der Waals surface area contributed by atoms with E-state index in [4.69, 9.17) is 16.3 Å². The standard InChI is InChI=1S/C28H24ClF2N5O4/c1-15(37)27-21-8-17(19-10-32-16(2)33-11-19)6-7-23(21)36(34-27)13-25(38)35-12-20(30)9-24(35)28(39)40-14-18-4-3-5-22(29)26(18)31/h3-8,10-11,20,24H,9,12-14H2,1-2H3. The molecule has 4 aromatic rings. The number of carbonyl (C=O) groups excluding carboxylic acids is 3. The number of likely N-dealkylation sites (tertiary alicyclic amines) is 1. The van der Waals surface area contributed by atoms with Crippen molar-refractivity contribution in [2.75, 3.05) is 6.54 Å². The minimum atomic E-state index is -1.44. The number of hydrogen-bond acceptors (Lipinski definition) is 7. The summed E-state index contributed by atoms with van der Waals surface area (Å²) >= 11 is 5.77. The first-order valence-electron chi connectivity index (χ1n) is 12.5. The maximum absolute atomic E-state index is 14.4. The van der Waals surface area contributed by atoms with Crippen LogP contribution in [0, 0.1) is 12.7 Å². The summed E-state index contributed by atoms with van der Waals surface area (Å²) in [6.45, 7) is 2.09. The zero-order valence-electron chi connectivity index (χ0n) is 21.6. The van der Waals surface area contributed by atoms with Gasteiger partial charge in [0.15, 0.2) is 5.78 Å². The Morgan fingerprint density at radius 3 is 2.60 bits per heavy atom. The van der Waals surface area contributed by atoms with Crippen molar-refractivity contribution in [1.82, 2.24) is 24.6 Å². The number of esters is 1. The molecular formula is C28H24ClF2N5O4. The summed E-state index contributed by atoms with van der Waals surface area (Å²) in [6.07, 6.45) is 1.66. The van der Waals surface area contributed by atoms with E-state index in [0.29, 0.717) is 16.7 Å². The Hall–Kier alpha value is -4.25. The molecule has 206 valence electrons. The van der Waals surface area contributed by atoms with E-state index in [2.05, 4.69) is 15.1 Å². The second-order valence-electron chi connectivity index (χ2n) is 9.53. The third kappa shape index (κ3) is 5.42. The number of carbonyl (C=O) groups is 3. The molecule has 9 nitrogen and oxygen atoms in total. The van der Waals surface area contributed by atoms with Gasteiger partial charge in [0.25, 0.3) is 0 Å². The van der Waals surface area contributed by atoms with Crippen LogP contribution >= 0.6 is 11.6 Å². The van der Waals surface area contributed by atoms with Gasteiger partial charge in [0.2, 0.25) is 5.91 Å². The summed E-state index contributed by atoms with van der Waals surface area (Å²) < 4.78 is 35.2. The van der Waals surface area contributed by atoms with Crippen LogP contribution in [0.4, 0.5) is 8.78 Å². The Labute approximate surface area is 232 Å². The molecule has 1 fully saturated rings. The first-order valence-corrected chi connectivity index (χ1v) is 12.8. The van der Waals surface area contributed by atoms with Crippen molar-refractivity contribution >= 4 is 40.2 Å². The van der Waals surface area contributed by atoms with Gasteiger partial charge in [0.1, 0.15) is 42.7 Å². The lowest BCUT2D eigenvalue weighted by molar-refractivity contribution is -0.154. The molecule has 2 atom stereocenters. The molecule has 2 unspecified atom stereocenters. The lowest BCUT2D eigenvalue weighted by Gasteiger charge is -2.23. The number of rotatable bonds is 7. The molecule has 2 aromatic carbocycles. The Morgan fingerprint density at radius 2 is 1.88 bits per heavy atom. The summed E-state index contributed by atoms with van der Waals surface area (Å²) in [5, 5.41) is 4.77. The first kappa shape index (κ1) is 27.3. The molecule has 1 aliphatic heterocycles. The number of alkyl halides is 1. The number of Topliss-reactive ketones (excluding diaryl/α,β-unsaturated/α-hetero) is 1. The Kier molecular flexibility index (Phi) is 7.57. The summed E-state index contributed by atoms with van der Waals surface area (Å²) in [5.74, 6) is -1.83. The molecule has 0 spiro atoms. The number of ether oxygens (including phenoxy) is 1. The molecule has 1 aliphatic rings. The number of halogens is 3. The van der Waals surface area contributed by atoms with Gasteiger partial charge in [-0.25, -0.2) is 23.5 Å². The van der Waals surface area contributed by atoms with E-state index >= 15 is 0 Å². The molecule has 12 heteroatoms. The predicted octanol–water partition coefficient (Wildman–Crippen LogP) is 4.48. The molecule has 0 N–H and O–H groups in total. The number of nitrogens with zero attached hydrogens (tertiary/aromatic N) is 5. The van der Waals surface area contributed by atoms with E-state index in [1.54, 1.807) is 37.5 Å². The zero-order chi connectivity index (χ0) is 28.6. The average Bonchev–Trinajstić information content (AvgIpc) is 3.50. The van der Waals surface area contributed by atoms with E-state index in [-0.39, 0.29) is 41.6 Å². The van der Waals surface area contributed by atoms with E-state index in [0.717, 1.165) is 16.0 Å². The van der Waals surface area contributed by atoms with Gasteiger partial charge in [0, 0.05) is 42.3 Å². The lowest BCUT2D eigenvalue weighted by atomic mass is 10.0. The van der Waals surface area contributed by atoms with Gasteiger partial charge < -0.3 is 9.64 Å². The van der Waals surface area contributed by atoms with Gasteiger partial charge >= 0.3 is 5.97 Å². The van der Waals surface area contributed by atoms with Crippen LogP contribution in [0.3, 0.4) is 0 Å². The molecule has 0 aliphatic carbocycles. The Bertz CT molecular complexity index is 1630. The third-order valence-electron chi connectivity index (χ3n) is 6.73. The van der Waals surface area contributed by atoms with Gasteiger partial charge in [-0.05, 0) is 30.7 Å². The normalized spacial score (nSPS) is 16.9. The average molecular weight is 568 g/mol. The van der Waals surface area contributed by atoms with Gasteiger partial charge in [-0.15, -0.1) is 0 Å². The zero-order valence-corrected chi connectivity index (χ0v) is 22.4. The maximum atomic E-state index is 14.4. The number of hydrogen-bond donors (Lipinski definition) is 0. The fraction of sp³-hybridized carbons (Fsp3) is 0.286. The monoisotopic (exact) mass is 567 g/mol. The van der Waals surface area contributed by atoms with Crippen LogP contribution in [-0.4, -0.2) is 61.1 Å². The maximum Gasteiger partial charge on any atom is 0.329 e. The fourth-order valence-electron chi connectivity index (χ4n) is 4.69. The van der Waals surface area contributed by atoms with Crippen LogP contribution < -0.4 is 0 Å². The second kappa shape index (κ2) is 11.1. The number of aryl methyl sites for hydroxylation is 1. The smallest absolute Gasteiger partial charge is 0.329 e. The highest BCUT2D eigenvalue weighted by Gasteiger charge is 2.41. The van der Waals surface area contributed by atoms with Crippen molar-refractivity contribution in [1.29, 1.82) is 0 Å². The number of ketones is 1. The highest BCUT2D eigenvalue weighted by atomic mass is 35.5. The van der Waals surface area contributed by atoms with E-state index in [1.807, 2.05) is 0 Å². The van der Waals surface area contributed by atoms with Crippen molar-refractivity contribution in [3.63, 3.8) is 0 Å². The number of benzene rings is 2. The summed E-state index contributed by atoms with van der Waals surface area (Å²) in [5.41, 5.74) is 2.25. The quantitative estimate of drug-likeness (QED) is 0.239. The lowest BCUT2D eigenvalue weighted by Crippen LogP contribution is -2.43. The highest BCUT2D eigenvalue weighted by molar-refractivity contribution is 6.30. The van der Waals surface area contributed by atoms with E-state index in [1.165, 1.54) is 29.8 Å². The first-order chi connectivity index (χ1) is 19.1. The van der Waals surface area contributed by atoms with Crippen molar-refractivity contribution < 1.29 is 27.9 Å². The van der Waals surface area contributed by atoms with E-state index in [9.17, 15) is 23.2 Å². The van der Waals surface area contributed by atoms with E-state index < -0.39 is 36.5 Å². The third-order valence-corrected chi connectivity index (χ3v) is 7.02. The summed E-state index contributed by atoms with van der Waals surface area (Å²) in [6, 6.07) is 8.40. The summed E-state index contributed by atoms with van der Waals surface area (Å²) in [7, 11) is 0. The van der Waals surface area contributed by atoms with Crippen LogP contribution in [0.15, 0.2) is 48.8 Å². The Morgan fingerprint density at radius 1 is 1.12 bits per heavy atom. The van der Waals surface area contributed by atoms with Crippen LogP contribution in [0.2, 0.25) is 5.02 Å². The van der Waals surface area contributed by atoms with Crippen molar-refractivity contribution in [2.45, 2.75) is 45.6 Å². The SMILES string of the molecule is CC(=O)c1nn(CC(=O)N2CC(F)CC2C(=O)OCc2cccc(Cl)c2F)c2ccc(-c3cnc(C)nc3)cc12. The van der Waals surface area contributed by atoms with Gasteiger partial charge in [0.05, 0.1) is 17.1 Å². The van der Waals surface area contributed by atoms with Crippen molar-refractivity contribution in [3.8, 4) is 11.1 Å². The number of fused-ring (bicyclic) bond motifs is 1. The molecule has 40 heavy (non-hydrogen) atoms. The van der Waals surface area contributed by atoms with Crippen LogP contribution in [-0.2, 0) is 27.5 Å². The number of aromatic nitrogens is 4. The van der Waals surface area contributed by atoms with Gasteiger partial charge in [-0.3, -0.25) is 14.3 Å². The molecule has 2 aromatic heterocycles. The van der Waals surface area contributed by atoms with Crippen LogP contribution in [0.25, 0.3) is 22.0 Å². The van der Waals surface area contributed by atoms with Crippen LogP contribution in [0.5, 0.6) is 0 Å². The largest absolute Gasteiger partial charge is 0.459 e. The van der Waals surface area contributed by atoms with Crippen molar-refractivity contribution in [3.05, 3.63) is 76.7 Å². The molecule has 0 radical (unpaired) electrons. The second-order valence-corrected chi connectivity index (χ2v) is 9.94. The van der Waals surface area contributed by atoms with Gasteiger partial charge in [-0.2, -0.15) is 5.10 Å². The van der Waals surface area contributed by atoms with Crippen molar-refractivity contribution in [2.24, 2.45) is 0 Å². The van der Waals surface area contributed by atoms with Gasteiger partial charge in [-0.1, -0.05) is 29.8 Å². The minimum absolute atomic E-state index is 0.0601. The minimum Gasteiger partial charge on any atom is -0.459 e. The fourth-order valence-corrected chi connectivity index (χ4v) is 4.88. The molecule has 0 saturated carbocycles.